The summed E-state index contributed by atoms with van der Waals surface area (Å²) < 4.78 is 0. The fraction of sp³-hybridized carbons (Fsp3) is 0.250. The second kappa shape index (κ2) is 4.35. The van der Waals surface area contributed by atoms with Crippen LogP contribution in [-0.4, -0.2) is 0 Å². The van der Waals surface area contributed by atoms with E-state index >= 15 is 0 Å². The third-order valence-electron chi connectivity index (χ3n) is 4.07. The van der Waals surface area contributed by atoms with E-state index < -0.39 is 0 Å². The standard InChI is InChI=1S/C16H19N3S/c1-7-5-11(17)6-12-15(7)20-16-9(3)8(2)13(18)10(4)14(16)19-12/h5-6,19H,17-18H2,1-4H3. The predicted molar refractivity (Wildman–Crippen MR) is 88.1 cm³/mol. The first-order valence-corrected chi connectivity index (χ1v) is 7.46. The molecule has 0 aromatic heterocycles. The number of aryl methyl sites for hydroxylation is 1. The van der Waals surface area contributed by atoms with E-state index in [1.807, 2.05) is 23.9 Å². The Kier molecular flexibility index (Phi) is 2.87. The van der Waals surface area contributed by atoms with Crippen molar-refractivity contribution >= 4 is 34.5 Å². The molecule has 0 atom stereocenters. The van der Waals surface area contributed by atoms with Crippen molar-refractivity contribution in [3.05, 3.63) is 34.4 Å². The molecular weight excluding hydrogens is 266 g/mol. The molecule has 0 amide bonds. The van der Waals surface area contributed by atoms with Crippen molar-refractivity contribution in [1.82, 2.24) is 0 Å². The number of nitrogen functional groups attached to an aromatic ring is 2. The molecule has 1 aliphatic heterocycles. The molecular formula is C16H19N3S. The molecule has 0 saturated carbocycles. The maximum atomic E-state index is 6.21. The van der Waals surface area contributed by atoms with Crippen molar-refractivity contribution in [2.24, 2.45) is 0 Å². The number of hydrogen-bond acceptors (Lipinski definition) is 4. The van der Waals surface area contributed by atoms with Crippen LogP contribution in [0.15, 0.2) is 21.9 Å². The van der Waals surface area contributed by atoms with Gasteiger partial charge in [0, 0.05) is 21.2 Å². The van der Waals surface area contributed by atoms with Gasteiger partial charge in [-0.25, -0.2) is 0 Å². The number of benzene rings is 2. The zero-order valence-corrected chi connectivity index (χ0v) is 13.0. The van der Waals surface area contributed by atoms with Crippen LogP contribution < -0.4 is 16.8 Å². The van der Waals surface area contributed by atoms with Gasteiger partial charge in [-0.3, -0.25) is 0 Å². The lowest BCUT2D eigenvalue weighted by Gasteiger charge is -2.27. The van der Waals surface area contributed by atoms with Gasteiger partial charge in [-0.2, -0.15) is 0 Å². The maximum Gasteiger partial charge on any atom is 0.0579 e. The summed E-state index contributed by atoms with van der Waals surface area (Å²) in [4.78, 5) is 2.52. The molecule has 0 radical (unpaired) electrons. The molecule has 1 heterocycles. The van der Waals surface area contributed by atoms with Crippen LogP contribution >= 0.6 is 11.8 Å². The quantitative estimate of drug-likeness (QED) is 0.539. The van der Waals surface area contributed by atoms with Gasteiger partial charge in [0.05, 0.1) is 11.4 Å². The van der Waals surface area contributed by atoms with Crippen LogP contribution in [0.5, 0.6) is 0 Å². The lowest BCUT2D eigenvalue weighted by Crippen LogP contribution is -2.09. The van der Waals surface area contributed by atoms with Crippen molar-refractivity contribution in [3.8, 4) is 0 Å². The van der Waals surface area contributed by atoms with Crippen LogP contribution in [0.25, 0.3) is 0 Å². The molecule has 0 spiro atoms. The highest BCUT2D eigenvalue weighted by atomic mass is 32.2. The molecule has 0 aliphatic carbocycles. The first-order chi connectivity index (χ1) is 9.40. The zero-order chi connectivity index (χ0) is 14.6. The van der Waals surface area contributed by atoms with Crippen molar-refractivity contribution in [1.29, 1.82) is 0 Å². The Morgan fingerprint density at radius 1 is 0.900 bits per heavy atom. The van der Waals surface area contributed by atoms with Crippen LogP contribution in [0, 0.1) is 27.7 Å². The van der Waals surface area contributed by atoms with Gasteiger partial charge >= 0.3 is 0 Å². The van der Waals surface area contributed by atoms with Gasteiger partial charge in [-0.1, -0.05) is 11.8 Å². The molecule has 3 nitrogen and oxygen atoms in total. The van der Waals surface area contributed by atoms with Crippen LogP contribution in [0.1, 0.15) is 22.3 Å². The first-order valence-electron chi connectivity index (χ1n) is 6.64. The molecule has 104 valence electrons. The number of nitrogens with one attached hydrogen (secondary N) is 1. The average Bonchev–Trinajstić information content (AvgIpc) is 2.41. The molecule has 0 bridgehead atoms. The molecule has 20 heavy (non-hydrogen) atoms. The molecule has 2 aromatic rings. The van der Waals surface area contributed by atoms with E-state index in [-0.39, 0.29) is 0 Å². The van der Waals surface area contributed by atoms with E-state index in [2.05, 4.69) is 33.0 Å². The third-order valence-corrected chi connectivity index (χ3v) is 5.53. The smallest absolute Gasteiger partial charge is 0.0579 e. The van der Waals surface area contributed by atoms with Gasteiger partial charge in [0.2, 0.25) is 0 Å². The van der Waals surface area contributed by atoms with E-state index in [1.165, 1.54) is 26.5 Å². The number of fused-ring (bicyclic) bond motifs is 2. The van der Waals surface area contributed by atoms with Gasteiger partial charge in [-0.05, 0) is 62.1 Å². The normalized spacial score (nSPS) is 12.6. The summed E-state index contributed by atoms with van der Waals surface area (Å²) in [5.41, 5.74) is 20.8. The third kappa shape index (κ3) is 1.75. The minimum absolute atomic E-state index is 0.784. The molecule has 0 fully saturated rings. The minimum Gasteiger partial charge on any atom is -0.399 e. The fourth-order valence-electron chi connectivity index (χ4n) is 2.69. The Bertz CT molecular complexity index is 735. The van der Waals surface area contributed by atoms with E-state index in [0.717, 1.165) is 28.3 Å². The van der Waals surface area contributed by atoms with Gasteiger partial charge in [-0.15, -0.1) is 0 Å². The van der Waals surface area contributed by atoms with Crippen molar-refractivity contribution < 1.29 is 0 Å². The van der Waals surface area contributed by atoms with Gasteiger partial charge in [0.1, 0.15) is 0 Å². The Labute approximate surface area is 123 Å². The number of anilines is 4. The second-order valence-electron chi connectivity index (χ2n) is 5.43. The molecule has 0 unspecified atom stereocenters. The van der Waals surface area contributed by atoms with Gasteiger partial charge < -0.3 is 16.8 Å². The topological polar surface area (TPSA) is 64.1 Å². The summed E-state index contributed by atoms with van der Waals surface area (Å²) >= 11 is 1.81. The second-order valence-corrected chi connectivity index (χ2v) is 6.45. The van der Waals surface area contributed by atoms with Crippen LogP contribution in [0.3, 0.4) is 0 Å². The monoisotopic (exact) mass is 285 g/mol. The first kappa shape index (κ1) is 13.2. The highest BCUT2D eigenvalue weighted by Gasteiger charge is 2.23. The SMILES string of the molecule is Cc1cc(N)cc2c1Sc1c(C)c(C)c(N)c(C)c1N2. The molecule has 1 aliphatic rings. The van der Waals surface area contributed by atoms with Gasteiger partial charge in [0.15, 0.2) is 0 Å². The number of nitrogens with two attached hydrogens (primary N) is 2. The number of hydrogen-bond donors (Lipinski definition) is 3. The van der Waals surface area contributed by atoms with E-state index in [4.69, 9.17) is 11.5 Å². The lowest BCUT2D eigenvalue weighted by atomic mass is 10.0. The number of rotatable bonds is 0. The minimum atomic E-state index is 0.784. The summed E-state index contributed by atoms with van der Waals surface area (Å²) in [6.07, 6.45) is 0. The zero-order valence-electron chi connectivity index (χ0n) is 12.2. The summed E-state index contributed by atoms with van der Waals surface area (Å²) in [5.74, 6) is 0. The summed E-state index contributed by atoms with van der Waals surface area (Å²) in [7, 11) is 0. The largest absolute Gasteiger partial charge is 0.399 e. The molecule has 3 rings (SSSR count). The summed E-state index contributed by atoms with van der Waals surface area (Å²) in [6, 6.07) is 4.01. The van der Waals surface area contributed by atoms with E-state index in [1.54, 1.807) is 0 Å². The maximum absolute atomic E-state index is 6.21. The van der Waals surface area contributed by atoms with Crippen LogP contribution in [-0.2, 0) is 0 Å². The van der Waals surface area contributed by atoms with Gasteiger partial charge in [0.25, 0.3) is 0 Å². The van der Waals surface area contributed by atoms with Crippen LogP contribution in [0.4, 0.5) is 22.7 Å². The molecule has 4 heteroatoms. The Hall–Kier alpha value is -1.81. The Morgan fingerprint density at radius 2 is 1.60 bits per heavy atom. The fourth-order valence-corrected chi connectivity index (χ4v) is 3.95. The van der Waals surface area contributed by atoms with E-state index in [9.17, 15) is 0 Å². The molecule has 2 aromatic carbocycles. The average molecular weight is 285 g/mol. The van der Waals surface area contributed by atoms with E-state index in [0.29, 0.717) is 0 Å². The summed E-state index contributed by atoms with van der Waals surface area (Å²) in [6.45, 7) is 8.39. The highest BCUT2D eigenvalue weighted by molar-refractivity contribution is 7.99. The summed E-state index contributed by atoms with van der Waals surface area (Å²) in [5, 5.41) is 3.52. The highest BCUT2D eigenvalue weighted by Crippen LogP contribution is 2.50. The van der Waals surface area contributed by atoms with Crippen molar-refractivity contribution in [2.75, 3.05) is 16.8 Å². The Morgan fingerprint density at radius 3 is 2.30 bits per heavy atom. The molecule has 0 saturated heterocycles. The van der Waals surface area contributed by atoms with Crippen LogP contribution in [0.2, 0.25) is 0 Å². The van der Waals surface area contributed by atoms with Crippen molar-refractivity contribution in [2.45, 2.75) is 37.5 Å². The lowest BCUT2D eigenvalue weighted by molar-refractivity contribution is 1.17. The predicted octanol–water partition coefficient (Wildman–Crippen LogP) is 4.29. The Balaban J connectivity index is 2.26. The molecule has 5 N–H and O–H groups in total. The van der Waals surface area contributed by atoms with Crippen molar-refractivity contribution in [3.63, 3.8) is 0 Å².